The lowest BCUT2D eigenvalue weighted by Crippen LogP contribution is -1.79. The summed E-state index contributed by atoms with van der Waals surface area (Å²) in [7, 11) is 0. The zero-order chi connectivity index (χ0) is 13.7. The second kappa shape index (κ2) is 6.19. The van der Waals surface area contributed by atoms with Crippen molar-refractivity contribution in [1.82, 2.24) is 0 Å². The molecule has 0 bridgehead atoms. The Kier molecular flexibility index (Phi) is 4.35. The van der Waals surface area contributed by atoms with Crippen LogP contribution in [0.1, 0.15) is 19.4 Å². The molecule has 0 aliphatic carbocycles. The monoisotopic (exact) mass is 248 g/mol. The van der Waals surface area contributed by atoms with E-state index >= 15 is 0 Å². The summed E-state index contributed by atoms with van der Waals surface area (Å²) in [5.74, 6) is 0. The number of rotatable bonds is 1. The van der Waals surface area contributed by atoms with Crippen LogP contribution in [-0.2, 0) is 0 Å². The van der Waals surface area contributed by atoms with E-state index in [2.05, 4.69) is 67.6 Å². The van der Waals surface area contributed by atoms with Crippen LogP contribution in [0, 0.1) is 6.92 Å². The normalized spacial score (nSPS) is 9.84. The molecule has 0 radical (unpaired) electrons. The zero-order valence-electron chi connectivity index (χ0n) is 11.9. The van der Waals surface area contributed by atoms with Crippen molar-refractivity contribution in [2.24, 2.45) is 0 Å². The van der Waals surface area contributed by atoms with Gasteiger partial charge in [-0.2, -0.15) is 0 Å². The summed E-state index contributed by atoms with van der Waals surface area (Å²) in [6, 6.07) is 23.7. The van der Waals surface area contributed by atoms with Crippen LogP contribution in [0.4, 0.5) is 0 Å². The van der Waals surface area contributed by atoms with E-state index in [1.54, 1.807) is 0 Å². The van der Waals surface area contributed by atoms with Gasteiger partial charge in [-0.3, -0.25) is 0 Å². The molecule has 0 aromatic heterocycles. The van der Waals surface area contributed by atoms with Gasteiger partial charge in [-0.1, -0.05) is 80.1 Å². The average Bonchev–Trinajstić information content (AvgIpc) is 2.49. The molecule has 0 saturated carbocycles. The van der Waals surface area contributed by atoms with E-state index in [9.17, 15) is 0 Å². The van der Waals surface area contributed by atoms with E-state index in [1.807, 2.05) is 19.9 Å². The Morgan fingerprint density at radius 1 is 0.579 bits per heavy atom. The van der Waals surface area contributed by atoms with Crippen molar-refractivity contribution in [2.75, 3.05) is 0 Å². The fourth-order valence-electron chi connectivity index (χ4n) is 2.18. The van der Waals surface area contributed by atoms with Crippen LogP contribution in [-0.4, -0.2) is 0 Å². The number of hydrogen-bond donors (Lipinski definition) is 0. The topological polar surface area (TPSA) is 0 Å². The Bertz CT molecular complexity index is 651. The molecule has 0 atom stereocenters. The lowest BCUT2D eigenvalue weighted by atomic mass is 10.0. The Morgan fingerprint density at radius 3 is 1.95 bits per heavy atom. The van der Waals surface area contributed by atoms with E-state index in [4.69, 9.17) is 0 Å². The quantitative estimate of drug-likeness (QED) is 0.507. The second-order valence-electron chi connectivity index (χ2n) is 4.43. The van der Waals surface area contributed by atoms with Gasteiger partial charge in [0.25, 0.3) is 0 Å². The predicted octanol–water partition coefficient (Wildman–Crippen LogP) is 5.84. The van der Waals surface area contributed by atoms with E-state index in [1.165, 1.54) is 27.5 Å². The molecule has 0 heterocycles. The lowest BCUT2D eigenvalue weighted by molar-refractivity contribution is 1.50. The molecule has 3 rings (SSSR count). The summed E-state index contributed by atoms with van der Waals surface area (Å²) < 4.78 is 0. The molecule has 96 valence electrons. The Morgan fingerprint density at radius 2 is 1.21 bits per heavy atom. The highest BCUT2D eigenvalue weighted by atomic mass is 14.0. The third kappa shape index (κ3) is 3.03. The predicted molar refractivity (Wildman–Crippen MR) is 85.5 cm³/mol. The number of benzene rings is 3. The van der Waals surface area contributed by atoms with Crippen molar-refractivity contribution in [3.63, 3.8) is 0 Å². The van der Waals surface area contributed by atoms with Crippen molar-refractivity contribution in [1.29, 1.82) is 0 Å². The highest BCUT2D eigenvalue weighted by molar-refractivity contribution is 5.87. The van der Waals surface area contributed by atoms with Gasteiger partial charge in [0.1, 0.15) is 0 Å². The molecule has 0 N–H and O–H groups in total. The first-order valence-electron chi connectivity index (χ1n) is 6.89. The van der Waals surface area contributed by atoms with Gasteiger partial charge >= 0.3 is 0 Å². The molecule has 0 aliphatic rings. The summed E-state index contributed by atoms with van der Waals surface area (Å²) in [5.41, 5.74) is 3.86. The first kappa shape index (κ1) is 13.4. The summed E-state index contributed by atoms with van der Waals surface area (Å²) in [6.07, 6.45) is 0. The van der Waals surface area contributed by atoms with Crippen LogP contribution >= 0.6 is 0 Å². The maximum atomic E-state index is 2.25. The van der Waals surface area contributed by atoms with Crippen molar-refractivity contribution in [3.05, 3.63) is 72.3 Å². The van der Waals surface area contributed by atoms with Crippen LogP contribution in [0.3, 0.4) is 0 Å². The fourth-order valence-corrected chi connectivity index (χ4v) is 2.18. The minimum Gasteiger partial charge on any atom is -0.0683 e. The van der Waals surface area contributed by atoms with Gasteiger partial charge in [-0.15, -0.1) is 0 Å². The third-order valence-electron chi connectivity index (χ3n) is 3.10. The Balaban J connectivity index is 0.000000637. The third-order valence-corrected chi connectivity index (χ3v) is 3.10. The molecule has 0 nitrogen and oxygen atoms in total. The standard InChI is InChI=1S/C17H14.C2H6/c1-13-7-8-17-12-16(10-9-15(17)11-13)14-5-3-2-4-6-14;1-2/h2-12H,1H3;1-2H3. The summed E-state index contributed by atoms with van der Waals surface area (Å²) in [4.78, 5) is 0. The van der Waals surface area contributed by atoms with Crippen molar-refractivity contribution in [2.45, 2.75) is 20.8 Å². The molecule has 19 heavy (non-hydrogen) atoms. The van der Waals surface area contributed by atoms with Crippen LogP contribution in [0.5, 0.6) is 0 Å². The SMILES string of the molecule is CC.Cc1ccc2cc(-c3ccccc3)ccc2c1. The smallest absolute Gasteiger partial charge is 0.0178 e. The molecule has 0 fully saturated rings. The van der Waals surface area contributed by atoms with Crippen LogP contribution < -0.4 is 0 Å². The van der Waals surface area contributed by atoms with E-state index in [0.717, 1.165) is 0 Å². The molecule has 0 unspecified atom stereocenters. The average molecular weight is 248 g/mol. The summed E-state index contributed by atoms with van der Waals surface area (Å²) >= 11 is 0. The van der Waals surface area contributed by atoms with Gasteiger partial charge in [0.2, 0.25) is 0 Å². The molecule has 3 aromatic rings. The Hall–Kier alpha value is -2.08. The van der Waals surface area contributed by atoms with Crippen molar-refractivity contribution < 1.29 is 0 Å². The van der Waals surface area contributed by atoms with Crippen LogP contribution in [0.2, 0.25) is 0 Å². The molecule has 0 amide bonds. The number of aryl methyl sites for hydroxylation is 1. The van der Waals surface area contributed by atoms with E-state index in [0.29, 0.717) is 0 Å². The van der Waals surface area contributed by atoms with Gasteiger partial charge in [-0.05, 0) is 34.9 Å². The van der Waals surface area contributed by atoms with E-state index < -0.39 is 0 Å². The summed E-state index contributed by atoms with van der Waals surface area (Å²) in [6.45, 7) is 6.13. The molecular formula is C19H20. The molecule has 3 aromatic carbocycles. The molecule has 0 spiro atoms. The maximum Gasteiger partial charge on any atom is -0.0178 e. The van der Waals surface area contributed by atoms with Crippen LogP contribution in [0.25, 0.3) is 21.9 Å². The Labute approximate surface area is 115 Å². The highest BCUT2D eigenvalue weighted by Gasteiger charge is 1.99. The van der Waals surface area contributed by atoms with E-state index in [-0.39, 0.29) is 0 Å². The van der Waals surface area contributed by atoms with Gasteiger partial charge in [0.05, 0.1) is 0 Å². The highest BCUT2D eigenvalue weighted by Crippen LogP contribution is 2.24. The number of fused-ring (bicyclic) bond motifs is 1. The molecule has 0 heteroatoms. The molecular weight excluding hydrogens is 228 g/mol. The molecule has 0 saturated heterocycles. The minimum absolute atomic E-state index is 1.27. The maximum absolute atomic E-state index is 2.25. The van der Waals surface area contributed by atoms with Gasteiger partial charge in [-0.25, -0.2) is 0 Å². The van der Waals surface area contributed by atoms with Crippen molar-refractivity contribution >= 4 is 10.8 Å². The number of hydrogen-bond acceptors (Lipinski definition) is 0. The largest absolute Gasteiger partial charge is 0.0683 e. The first-order valence-corrected chi connectivity index (χ1v) is 6.89. The zero-order valence-corrected chi connectivity index (χ0v) is 11.9. The lowest BCUT2D eigenvalue weighted by Gasteiger charge is -2.04. The van der Waals surface area contributed by atoms with Crippen LogP contribution in [0.15, 0.2) is 66.7 Å². The van der Waals surface area contributed by atoms with Gasteiger partial charge < -0.3 is 0 Å². The second-order valence-corrected chi connectivity index (χ2v) is 4.43. The first-order chi connectivity index (χ1) is 9.33. The van der Waals surface area contributed by atoms with Gasteiger partial charge in [0.15, 0.2) is 0 Å². The van der Waals surface area contributed by atoms with Crippen molar-refractivity contribution in [3.8, 4) is 11.1 Å². The summed E-state index contributed by atoms with van der Waals surface area (Å²) in [5, 5.41) is 2.61. The minimum atomic E-state index is 1.27. The van der Waals surface area contributed by atoms with Gasteiger partial charge in [0, 0.05) is 0 Å². The fraction of sp³-hybridized carbons (Fsp3) is 0.158. The molecule has 0 aliphatic heterocycles.